The van der Waals surface area contributed by atoms with E-state index in [4.69, 9.17) is 0 Å². The van der Waals surface area contributed by atoms with E-state index in [9.17, 15) is 14.4 Å². The Hall–Kier alpha value is -2.47. The summed E-state index contributed by atoms with van der Waals surface area (Å²) in [5, 5.41) is 5.53. The van der Waals surface area contributed by atoms with Gasteiger partial charge in [-0.1, -0.05) is 48.0 Å². The van der Waals surface area contributed by atoms with E-state index in [0.29, 0.717) is 16.9 Å². The number of hydrogen-bond acceptors (Lipinski definition) is 3. The molecule has 0 saturated heterocycles. The summed E-state index contributed by atoms with van der Waals surface area (Å²) in [4.78, 5) is 35.9. The Balaban J connectivity index is 1.88. The topological polar surface area (TPSA) is 75.3 Å². The second kappa shape index (κ2) is 9.29. The fourth-order valence-corrected chi connectivity index (χ4v) is 2.46. The van der Waals surface area contributed by atoms with Crippen LogP contribution in [-0.2, 0) is 9.59 Å². The van der Waals surface area contributed by atoms with E-state index >= 15 is 0 Å². The van der Waals surface area contributed by atoms with E-state index in [1.165, 1.54) is 0 Å². The van der Waals surface area contributed by atoms with Crippen molar-refractivity contribution in [2.24, 2.45) is 5.92 Å². The molecule has 5 nitrogen and oxygen atoms in total. The van der Waals surface area contributed by atoms with Gasteiger partial charge in [0.05, 0.1) is 0 Å². The first-order valence-corrected chi connectivity index (χ1v) is 9.14. The van der Waals surface area contributed by atoms with Crippen molar-refractivity contribution in [3.05, 3.63) is 58.6 Å². The van der Waals surface area contributed by atoms with E-state index in [0.717, 1.165) is 4.47 Å². The summed E-state index contributed by atoms with van der Waals surface area (Å²) < 4.78 is 0.899. The Kier molecular flexibility index (Phi) is 7.09. The van der Waals surface area contributed by atoms with Crippen LogP contribution in [0.3, 0.4) is 0 Å². The molecule has 0 saturated carbocycles. The quantitative estimate of drug-likeness (QED) is 0.645. The van der Waals surface area contributed by atoms with Crippen molar-refractivity contribution in [2.45, 2.75) is 26.7 Å². The SMILES string of the molecule is CC(C)C(=O)Nc1cccc(NC(=O)CCC(=O)c2ccc(Br)cc2)c1. The Morgan fingerprint density at radius 2 is 1.54 bits per heavy atom. The zero-order valence-electron chi connectivity index (χ0n) is 14.7. The molecule has 0 atom stereocenters. The Labute approximate surface area is 161 Å². The molecule has 0 unspecified atom stereocenters. The molecule has 0 aliphatic rings. The molecular formula is C20H21BrN2O3. The molecule has 2 aromatic rings. The van der Waals surface area contributed by atoms with Crippen LogP contribution in [0.25, 0.3) is 0 Å². The average Bonchev–Trinajstić information content (AvgIpc) is 2.60. The molecule has 0 aromatic heterocycles. The maximum atomic E-state index is 12.1. The lowest BCUT2D eigenvalue weighted by atomic mass is 10.1. The summed E-state index contributed by atoms with van der Waals surface area (Å²) in [5.74, 6) is -0.542. The van der Waals surface area contributed by atoms with Gasteiger partial charge in [-0.25, -0.2) is 0 Å². The highest BCUT2D eigenvalue weighted by atomic mass is 79.9. The number of halogens is 1. The number of hydrogen-bond donors (Lipinski definition) is 2. The minimum absolute atomic E-state index is 0.0782. The van der Waals surface area contributed by atoms with Crippen LogP contribution in [0.15, 0.2) is 53.0 Å². The molecule has 0 radical (unpaired) electrons. The number of carbonyl (C=O) groups is 3. The molecule has 0 bridgehead atoms. The van der Waals surface area contributed by atoms with Crippen molar-refractivity contribution in [1.29, 1.82) is 0 Å². The molecule has 136 valence electrons. The van der Waals surface area contributed by atoms with Crippen LogP contribution >= 0.6 is 15.9 Å². The fourth-order valence-electron chi connectivity index (χ4n) is 2.19. The van der Waals surface area contributed by atoms with Gasteiger partial charge < -0.3 is 10.6 Å². The third-order valence-corrected chi connectivity index (χ3v) is 4.21. The Morgan fingerprint density at radius 1 is 0.923 bits per heavy atom. The summed E-state index contributed by atoms with van der Waals surface area (Å²) in [6.07, 6.45) is 0.231. The number of ketones is 1. The maximum absolute atomic E-state index is 12.1. The number of amides is 2. The minimum atomic E-state index is -0.247. The van der Waals surface area contributed by atoms with Crippen molar-refractivity contribution < 1.29 is 14.4 Å². The highest BCUT2D eigenvalue weighted by Gasteiger charge is 2.11. The van der Waals surface area contributed by atoms with Crippen molar-refractivity contribution in [3.8, 4) is 0 Å². The summed E-state index contributed by atoms with van der Waals surface area (Å²) >= 11 is 3.32. The number of nitrogens with one attached hydrogen (secondary N) is 2. The summed E-state index contributed by atoms with van der Waals surface area (Å²) in [7, 11) is 0. The van der Waals surface area contributed by atoms with E-state index in [-0.39, 0.29) is 36.4 Å². The summed E-state index contributed by atoms with van der Waals surface area (Å²) in [5.41, 5.74) is 1.78. The first-order chi connectivity index (χ1) is 12.3. The van der Waals surface area contributed by atoms with Crippen LogP contribution in [0, 0.1) is 5.92 Å². The van der Waals surface area contributed by atoms with Crippen LogP contribution in [-0.4, -0.2) is 17.6 Å². The number of carbonyl (C=O) groups excluding carboxylic acids is 3. The predicted molar refractivity (Wildman–Crippen MR) is 106 cm³/mol. The molecule has 2 N–H and O–H groups in total. The molecule has 0 heterocycles. The summed E-state index contributed by atoms with van der Waals surface area (Å²) in [6.45, 7) is 3.62. The van der Waals surface area contributed by atoms with Crippen LogP contribution < -0.4 is 10.6 Å². The second-order valence-electron chi connectivity index (χ2n) is 6.20. The molecular weight excluding hydrogens is 396 g/mol. The standard InChI is InChI=1S/C20H21BrN2O3/c1-13(2)20(26)23-17-5-3-4-16(12-17)22-19(25)11-10-18(24)14-6-8-15(21)9-7-14/h3-9,12-13H,10-11H2,1-2H3,(H,22,25)(H,23,26). The number of benzene rings is 2. The van der Waals surface area contributed by atoms with Gasteiger partial charge in [-0.15, -0.1) is 0 Å². The lowest BCUT2D eigenvalue weighted by molar-refractivity contribution is -0.119. The predicted octanol–water partition coefficient (Wildman–Crippen LogP) is 4.65. The third-order valence-electron chi connectivity index (χ3n) is 3.68. The number of anilines is 2. The highest BCUT2D eigenvalue weighted by molar-refractivity contribution is 9.10. The van der Waals surface area contributed by atoms with Gasteiger partial charge in [-0.05, 0) is 30.3 Å². The number of rotatable bonds is 7. The van der Waals surface area contributed by atoms with Crippen LogP contribution in [0.4, 0.5) is 11.4 Å². The van der Waals surface area contributed by atoms with Crippen LogP contribution in [0.5, 0.6) is 0 Å². The molecule has 0 spiro atoms. The van der Waals surface area contributed by atoms with Gasteiger partial charge in [-0.3, -0.25) is 14.4 Å². The van der Waals surface area contributed by atoms with Gasteiger partial charge >= 0.3 is 0 Å². The van der Waals surface area contributed by atoms with E-state index in [2.05, 4.69) is 26.6 Å². The smallest absolute Gasteiger partial charge is 0.226 e. The minimum Gasteiger partial charge on any atom is -0.326 e. The van der Waals surface area contributed by atoms with Gasteiger partial charge in [0, 0.05) is 40.2 Å². The first-order valence-electron chi connectivity index (χ1n) is 8.34. The second-order valence-corrected chi connectivity index (χ2v) is 7.12. The molecule has 6 heteroatoms. The largest absolute Gasteiger partial charge is 0.326 e. The van der Waals surface area contributed by atoms with Gasteiger partial charge in [0.2, 0.25) is 11.8 Å². The lowest BCUT2D eigenvalue weighted by Crippen LogP contribution is -2.18. The van der Waals surface area contributed by atoms with Crippen LogP contribution in [0.2, 0.25) is 0 Å². The van der Waals surface area contributed by atoms with Crippen LogP contribution in [0.1, 0.15) is 37.0 Å². The molecule has 2 aromatic carbocycles. The van der Waals surface area contributed by atoms with Gasteiger partial charge in [0.15, 0.2) is 5.78 Å². The maximum Gasteiger partial charge on any atom is 0.226 e. The van der Waals surface area contributed by atoms with Crippen molar-refractivity contribution in [3.63, 3.8) is 0 Å². The molecule has 0 aliphatic carbocycles. The van der Waals surface area contributed by atoms with Gasteiger partial charge in [-0.2, -0.15) is 0 Å². The molecule has 2 amide bonds. The average molecular weight is 417 g/mol. The lowest BCUT2D eigenvalue weighted by Gasteiger charge is -2.10. The Morgan fingerprint density at radius 3 is 2.15 bits per heavy atom. The summed E-state index contributed by atoms with van der Waals surface area (Å²) in [6, 6.07) is 14.0. The highest BCUT2D eigenvalue weighted by Crippen LogP contribution is 2.17. The van der Waals surface area contributed by atoms with E-state index in [1.807, 2.05) is 13.8 Å². The number of Topliss-reactive ketones (excluding diaryl/α,β-unsaturated/α-hetero) is 1. The van der Waals surface area contributed by atoms with Crippen molar-refractivity contribution >= 4 is 44.9 Å². The van der Waals surface area contributed by atoms with Gasteiger partial charge in [0.25, 0.3) is 0 Å². The van der Waals surface area contributed by atoms with Crippen molar-refractivity contribution in [1.82, 2.24) is 0 Å². The molecule has 26 heavy (non-hydrogen) atoms. The zero-order chi connectivity index (χ0) is 19.1. The van der Waals surface area contributed by atoms with E-state index in [1.54, 1.807) is 48.5 Å². The normalized spacial score (nSPS) is 10.5. The molecule has 2 rings (SSSR count). The fraction of sp³-hybridized carbons (Fsp3) is 0.250. The molecule has 0 aliphatic heterocycles. The first kappa shape index (κ1) is 19.8. The monoisotopic (exact) mass is 416 g/mol. The van der Waals surface area contributed by atoms with E-state index < -0.39 is 0 Å². The molecule has 0 fully saturated rings. The third kappa shape index (κ3) is 6.11. The van der Waals surface area contributed by atoms with Crippen molar-refractivity contribution in [2.75, 3.05) is 10.6 Å². The zero-order valence-corrected chi connectivity index (χ0v) is 16.3. The Bertz CT molecular complexity index is 801. The van der Waals surface area contributed by atoms with Gasteiger partial charge in [0.1, 0.15) is 0 Å².